The highest BCUT2D eigenvalue weighted by Crippen LogP contribution is 2.21. The predicted molar refractivity (Wildman–Crippen MR) is 115 cm³/mol. The molecule has 1 N–H and O–H groups in total. The van der Waals surface area contributed by atoms with Crippen LogP contribution >= 0.6 is 0 Å². The summed E-state index contributed by atoms with van der Waals surface area (Å²) >= 11 is 0. The van der Waals surface area contributed by atoms with Crippen LogP contribution in [0.2, 0.25) is 0 Å². The summed E-state index contributed by atoms with van der Waals surface area (Å²) in [4.78, 5) is 30.4. The molecule has 2 aromatic heterocycles. The maximum atomic E-state index is 13.1. The fraction of sp³-hybridized carbons (Fsp3) is 0.174. The number of aromatic nitrogens is 3. The molecule has 0 aliphatic rings. The molecule has 0 atom stereocenters. The minimum absolute atomic E-state index is 0.256. The van der Waals surface area contributed by atoms with Gasteiger partial charge in [0.25, 0.3) is 11.5 Å². The summed E-state index contributed by atoms with van der Waals surface area (Å²) in [7, 11) is 1.79. The van der Waals surface area contributed by atoms with Crippen LogP contribution in [0.1, 0.15) is 28.7 Å². The average molecular weight is 386 g/mol. The van der Waals surface area contributed by atoms with Crippen LogP contribution in [0.5, 0.6) is 0 Å². The smallest absolute Gasteiger partial charge is 0.295 e. The van der Waals surface area contributed by atoms with Crippen molar-refractivity contribution in [2.45, 2.75) is 20.3 Å². The highest BCUT2D eigenvalue weighted by molar-refractivity contribution is 6.11. The van der Waals surface area contributed by atoms with Crippen LogP contribution in [0.3, 0.4) is 0 Å². The van der Waals surface area contributed by atoms with Crippen molar-refractivity contribution >= 4 is 22.4 Å². The molecule has 0 saturated heterocycles. The summed E-state index contributed by atoms with van der Waals surface area (Å²) < 4.78 is 3.27. The molecule has 29 heavy (non-hydrogen) atoms. The summed E-state index contributed by atoms with van der Waals surface area (Å²) in [5, 5.41) is 4.52. The van der Waals surface area contributed by atoms with Crippen molar-refractivity contribution in [2.24, 2.45) is 7.05 Å². The Morgan fingerprint density at radius 1 is 1.10 bits per heavy atom. The molecule has 2 aromatic carbocycles. The Balaban J connectivity index is 1.77. The lowest BCUT2D eigenvalue weighted by molar-refractivity contribution is 0.102. The van der Waals surface area contributed by atoms with Crippen LogP contribution in [0.15, 0.2) is 65.6 Å². The number of fused-ring (bicyclic) bond motifs is 1. The van der Waals surface area contributed by atoms with E-state index in [1.165, 1.54) is 4.68 Å². The number of anilines is 1. The van der Waals surface area contributed by atoms with Crippen molar-refractivity contribution in [3.63, 3.8) is 0 Å². The maximum Gasteiger partial charge on any atom is 0.295 e. The standard InChI is InChI=1S/C23H22N4O2/c1-4-16-10-11-17-12-13-24-21(19(17)14-16)22(28)25-20-15(2)26(3)27(23(20)29)18-8-6-5-7-9-18/h5-14H,4H2,1-3H3,(H,25,28). The Hall–Kier alpha value is -3.67. The van der Waals surface area contributed by atoms with Crippen molar-refractivity contribution in [1.29, 1.82) is 0 Å². The zero-order valence-corrected chi connectivity index (χ0v) is 16.6. The van der Waals surface area contributed by atoms with Crippen LogP contribution in [0, 0.1) is 6.92 Å². The average Bonchev–Trinajstić information content (AvgIpc) is 2.96. The number of amides is 1. The number of hydrogen-bond acceptors (Lipinski definition) is 3. The van der Waals surface area contributed by atoms with Gasteiger partial charge in [0.2, 0.25) is 0 Å². The largest absolute Gasteiger partial charge is 0.314 e. The molecule has 2 heterocycles. The topological polar surface area (TPSA) is 68.9 Å². The van der Waals surface area contributed by atoms with Crippen LogP contribution in [0.25, 0.3) is 16.5 Å². The van der Waals surface area contributed by atoms with Crippen molar-refractivity contribution in [3.8, 4) is 5.69 Å². The molecule has 1 amide bonds. The quantitative estimate of drug-likeness (QED) is 0.579. The number of carbonyl (C=O) groups excluding carboxylic acids is 1. The molecule has 0 fully saturated rings. The number of carbonyl (C=O) groups is 1. The number of nitrogens with zero attached hydrogens (tertiary/aromatic N) is 3. The third-order valence-corrected chi connectivity index (χ3v) is 5.25. The molecule has 146 valence electrons. The van der Waals surface area contributed by atoms with Gasteiger partial charge in [0, 0.05) is 18.6 Å². The van der Waals surface area contributed by atoms with Gasteiger partial charge in [0.15, 0.2) is 0 Å². The molecule has 0 radical (unpaired) electrons. The minimum Gasteiger partial charge on any atom is -0.314 e. The van der Waals surface area contributed by atoms with Crippen molar-refractivity contribution in [1.82, 2.24) is 14.3 Å². The first kappa shape index (κ1) is 18.7. The van der Waals surface area contributed by atoms with Gasteiger partial charge in [-0.15, -0.1) is 0 Å². The predicted octanol–water partition coefficient (Wildman–Crippen LogP) is 3.85. The molecule has 6 nitrogen and oxygen atoms in total. The van der Waals surface area contributed by atoms with Crippen LogP contribution in [-0.2, 0) is 13.5 Å². The van der Waals surface area contributed by atoms with E-state index in [2.05, 4.69) is 17.2 Å². The number of aryl methyl sites for hydroxylation is 1. The second-order valence-electron chi connectivity index (χ2n) is 6.96. The van der Waals surface area contributed by atoms with E-state index in [1.807, 2.05) is 61.5 Å². The zero-order chi connectivity index (χ0) is 20.5. The van der Waals surface area contributed by atoms with E-state index >= 15 is 0 Å². The van der Waals surface area contributed by atoms with Crippen molar-refractivity contribution < 1.29 is 4.79 Å². The van der Waals surface area contributed by atoms with Crippen molar-refractivity contribution in [3.05, 3.63) is 88.1 Å². The van der Waals surface area contributed by atoms with Crippen molar-refractivity contribution in [2.75, 3.05) is 5.32 Å². The molecule has 6 heteroatoms. The number of hydrogen-bond donors (Lipinski definition) is 1. The number of nitrogens with one attached hydrogen (secondary N) is 1. The number of rotatable bonds is 4. The lowest BCUT2D eigenvalue weighted by atomic mass is 10.0. The maximum absolute atomic E-state index is 13.1. The molecule has 0 aliphatic carbocycles. The van der Waals surface area contributed by atoms with E-state index in [4.69, 9.17) is 0 Å². The lowest BCUT2D eigenvalue weighted by Crippen LogP contribution is -2.23. The Bertz CT molecular complexity index is 1270. The van der Waals surface area contributed by atoms with Crippen LogP contribution in [0.4, 0.5) is 5.69 Å². The van der Waals surface area contributed by atoms with E-state index < -0.39 is 5.91 Å². The fourth-order valence-corrected chi connectivity index (χ4v) is 3.50. The second-order valence-corrected chi connectivity index (χ2v) is 6.96. The van der Waals surface area contributed by atoms with E-state index in [0.29, 0.717) is 11.4 Å². The summed E-state index contributed by atoms with van der Waals surface area (Å²) in [5.74, 6) is -0.394. The zero-order valence-electron chi connectivity index (χ0n) is 16.6. The van der Waals surface area contributed by atoms with Gasteiger partial charge < -0.3 is 5.32 Å². The van der Waals surface area contributed by atoms with Gasteiger partial charge in [-0.25, -0.2) is 4.68 Å². The first-order valence-electron chi connectivity index (χ1n) is 9.54. The molecule has 0 saturated carbocycles. The second kappa shape index (κ2) is 7.39. The summed E-state index contributed by atoms with van der Waals surface area (Å²) in [6.45, 7) is 3.87. The summed E-state index contributed by atoms with van der Waals surface area (Å²) in [6.07, 6.45) is 2.48. The Kier molecular flexibility index (Phi) is 4.76. The first-order valence-corrected chi connectivity index (χ1v) is 9.54. The summed E-state index contributed by atoms with van der Waals surface area (Å²) in [5.41, 5.74) is 2.82. The van der Waals surface area contributed by atoms with E-state index in [-0.39, 0.29) is 11.2 Å². The number of para-hydroxylation sites is 1. The van der Waals surface area contributed by atoms with Gasteiger partial charge in [-0.05, 0) is 48.6 Å². The van der Waals surface area contributed by atoms with Gasteiger partial charge in [0.1, 0.15) is 11.4 Å². The minimum atomic E-state index is -0.394. The SMILES string of the molecule is CCc1ccc2ccnc(C(=O)Nc3c(C)n(C)n(-c4ccccc4)c3=O)c2c1. The molecule has 0 aliphatic heterocycles. The van der Waals surface area contributed by atoms with E-state index in [9.17, 15) is 9.59 Å². The highest BCUT2D eigenvalue weighted by atomic mass is 16.2. The van der Waals surface area contributed by atoms with Gasteiger partial charge in [-0.3, -0.25) is 19.3 Å². The fourth-order valence-electron chi connectivity index (χ4n) is 3.50. The third kappa shape index (κ3) is 3.23. The molecule has 0 bridgehead atoms. The molecular weight excluding hydrogens is 364 g/mol. The first-order chi connectivity index (χ1) is 14.0. The monoisotopic (exact) mass is 386 g/mol. The van der Waals surface area contributed by atoms with Crippen LogP contribution < -0.4 is 10.9 Å². The molecule has 4 rings (SSSR count). The highest BCUT2D eigenvalue weighted by Gasteiger charge is 2.20. The lowest BCUT2D eigenvalue weighted by Gasteiger charge is -2.08. The molecule has 4 aromatic rings. The third-order valence-electron chi connectivity index (χ3n) is 5.25. The van der Waals surface area contributed by atoms with Gasteiger partial charge in [-0.1, -0.05) is 37.3 Å². The van der Waals surface area contributed by atoms with E-state index in [0.717, 1.165) is 28.4 Å². The Labute approximate surface area is 168 Å². The van der Waals surface area contributed by atoms with E-state index in [1.54, 1.807) is 17.9 Å². The Morgan fingerprint density at radius 2 is 1.86 bits per heavy atom. The summed E-state index contributed by atoms with van der Waals surface area (Å²) in [6, 6.07) is 17.2. The number of pyridine rings is 1. The molecule has 0 unspecified atom stereocenters. The molecular formula is C23H22N4O2. The number of benzene rings is 2. The molecule has 0 spiro atoms. The van der Waals surface area contributed by atoms with Gasteiger partial charge in [0.05, 0.1) is 11.4 Å². The van der Waals surface area contributed by atoms with Gasteiger partial charge in [-0.2, -0.15) is 0 Å². The normalized spacial score (nSPS) is 11.0. The van der Waals surface area contributed by atoms with Crippen LogP contribution in [-0.4, -0.2) is 20.3 Å². The Morgan fingerprint density at radius 3 is 2.59 bits per heavy atom. The van der Waals surface area contributed by atoms with Gasteiger partial charge >= 0.3 is 0 Å².